The summed E-state index contributed by atoms with van der Waals surface area (Å²) in [7, 11) is 0. The van der Waals surface area contributed by atoms with Gasteiger partial charge >= 0.3 is 0 Å². The molecule has 0 aliphatic rings. The molecule has 1 unspecified atom stereocenters. The lowest BCUT2D eigenvalue weighted by Gasteiger charge is -2.23. The molecule has 1 amide bonds. The first-order valence-corrected chi connectivity index (χ1v) is 7.87. The molecule has 2 aromatic rings. The minimum atomic E-state index is -0.273. The van der Waals surface area contributed by atoms with Gasteiger partial charge in [0, 0.05) is 3.57 Å². The maximum absolute atomic E-state index is 13.0. The van der Waals surface area contributed by atoms with Gasteiger partial charge in [-0.25, -0.2) is 4.39 Å². The number of halogens is 2. The van der Waals surface area contributed by atoms with E-state index in [1.165, 1.54) is 12.1 Å². The normalized spacial score (nSPS) is 12.2. The van der Waals surface area contributed by atoms with Gasteiger partial charge in [0.2, 0.25) is 0 Å². The van der Waals surface area contributed by atoms with Gasteiger partial charge in [-0.1, -0.05) is 38.1 Å². The molecule has 0 heterocycles. The Hall–Kier alpha value is -1.43. The first kappa shape index (κ1) is 15.9. The standard InChI is InChI=1S/C17H17FINO/c1-11(2)16(12-7-9-13(18)10-8-12)20-17(21)14-5-3-4-6-15(14)19/h3-11,16H,1-2H3,(H,20,21). The molecule has 0 aliphatic heterocycles. The Morgan fingerprint density at radius 1 is 1.10 bits per heavy atom. The van der Waals surface area contributed by atoms with E-state index in [2.05, 4.69) is 27.9 Å². The number of carbonyl (C=O) groups excluding carboxylic acids is 1. The Kier molecular flexibility index (Phi) is 5.33. The summed E-state index contributed by atoms with van der Waals surface area (Å²) < 4.78 is 14.0. The van der Waals surface area contributed by atoms with Crippen molar-refractivity contribution in [1.82, 2.24) is 5.32 Å². The highest BCUT2D eigenvalue weighted by Crippen LogP contribution is 2.23. The largest absolute Gasteiger partial charge is 0.345 e. The lowest BCUT2D eigenvalue weighted by atomic mass is 9.95. The van der Waals surface area contributed by atoms with Gasteiger partial charge in [-0.15, -0.1) is 0 Å². The molecule has 0 aliphatic carbocycles. The van der Waals surface area contributed by atoms with E-state index in [1.54, 1.807) is 18.2 Å². The molecule has 0 spiro atoms. The van der Waals surface area contributed by atoms with E-state index in [0.717, 1.165) is 9.13 Å². The molecule has 0 bridgehead atoms. The van der Waals surface area contributed by atoms with Gasteiger partial charge in [0.25, 0.3) is 5.91 Å². The second-order valence-corrected chi connectivity index (χ2v) is 6.39. The fourth-order valence-corrected chi connectivity index (χ4v) is 2.80. The summed E-state index contributed by atoms with van der Waals surface area (Å²) in [6.07, 6.45) is 0. The summed E-state index contributed by atoms with van der Waals surface area (Å²) in [5, 5.41) is 3.04. The second-order valence-electron chi connectivity index (χ2n) is 5.23. The molecule has 0 saturated heterocycles. The van der Waals surface area contributed by atoms with Gasteiger partial charge in [-0.05, 0) is 58.3 Å². The average molecular weight is 397 g/mol. The van der Waals surface area contributed by atoms with Crippen molar-refractivity contribution >= 4 is 28.5 Å². The van der Waals surface area contributed by atoms with Crippen LogP contribution in [0.25, 0.3) is 0 Å². The van der Waals surface area contributed by atoms with Crippen molar-refractivity contribution in [2.75, 3.05) is 0 Å². The number of hydrogen-bond acceptors (Lipinski definition) is 1. The van der Waals surface area contributed by atoms with E-state index in [9.17, 15) is 9.18 Å². The van der Waals surface area contributed by atoms with Crippen LogP contribution in [0.15, 0.2) is 48.5 Å². The minimum absolute atomic E-state index is 0.108. The van der Waals surface area contributed by atoms with Gasteiger partial charge in [-0.2, -0.15) is 0 Å². The molecule has 2 nitrogen and oxygen atoms in total. The van der Waals surface area contributed by atoms with Gasteiger partial charge in [0.1, 0.15) is 5.82 Å². The van der Waals surface area contributed by atoms with Crippen molar-refractivity contribution in [2.24, 2.45) is 5.92 Å². The molecule has 2 aromatic carbocycles. The zero-order valence-electron chi connectivity index (χ0n) is 11.9. The Morgan fingerprint density at radius 2 is 1.71 bits per heavy atom. The maximum Gasteiger partial charge on any atom is 0.252 e. The van der Waals surface area contributed by atoms with E-state index in [0.29, 0.717) is 5.56 Å². The third-order valence-corrected chi connectivity index (χ3v) is 4.24. The lowest BCUT2D eigenvalue weighted by molar-refractivity contribution is 0.0924. The second kappa shape index (κ2) is 7.02. The van der Waals surface area contributed by atoms with Crippen LogP contribution in [0.1, 0.15) is 35.8 Å². The number of amides is 1. The van der Waals surface area contributed by atoms with E-state index in [-0.39, 0.29) is 23.7 Å². The number of benzene rings is 2. The van der Waals surface area contributed by atoms with Crippen molar-refractivity contribution < 1.29 is 9.18 Å². The third-order valence-electron chi connectivity index (χ3n) is 3.30. The van der Waals surface area contributed by atoms with E-state index in [4.69, 9.17) is 0 Å². The quantitative estimate of drug-likeness (QED) is 0.754. The van der Waals surface area contributed by atoms with Crippen LogP contribution in [0.2, 0.25) is 0 Å². The maximum atomic E-state index is 13.0. The number of hydrogen-bond donors (Lipinski definition) is 1. The highest BCUT2D eigenvalue weighted by atomic mass is 127. The summed E-state index contributed by atoms with van der Waals surface area (Å²) in [5.74, 6) is -0.172. The SMILES string of the molecule is CC(C)C(NC(=O)c1ccccc1I)c1ccc(F)cc1. The van der Waals surface area contributed by atoms with Crippen LogP contribution in [0.3, 0.4) is 0 Å². The number of rotatable bonds is 4. The molecule has 0 radical (unpaired) electrons. The highest BCUT2D eigenvalue weighted by molar-refractivity contribution is 14.1. The van der Waals surface area contributed by atoms with Gasteiger partial charge in [-0.3, -0.25) is 4.79 Å². The number of carbonyl (C=O) groups is 1. The summed E-state index contributed by atoms with van der Waals surface area (Å²) in [5.41, 5.74) is 1.57. The molecule has 110 valence electrons. The summed E-state index contributed by atoms with van der Waals surface area (Å²) in [6.45, 7) is 4.06. The monoisotopic (exact) mass is 397 g/mol. The molecule has 1 N–H and O–H groups in total. The zero-order valence-corrected chi connectivity index (χ0v) is 14.1. The number of nitrogens with one attached hydrogen (secondary N) is 1. The zero-order chi connectivity index (χ0) is 15.4. The van der Waals surface area contributed by atoms with Crippen LogP contribution >= 0.6 is 22.6 Å². The van der Waals surface area contributed by atoms with Crippen molar-refractivity contribution in [2.45, 2.75) is 19.9 Å². The van der Waals surface area contributed by atoms with Gasteiger partial charge in [0.15, 0.2) is 0 Å². The predicted octanol–water partition coefficient (Wildman–Crippen LogP) is 4.56. The molecule has 0 fully saturated rings. The van der Waals surface area contributed by atoms with Crippen LogP contribution in [0.4, 0.5) is 4.39 Å². The van der Waals surface area contributed by atoms with Crippen molar-refractivity contribution in [1.29, 1.82) is 0 Å². The van der Waals surface area contributed by atoms with Crippen molar-refractivity contribution in [3.8, 4) is 0 Å². The predicted molar refractivity (Wildman–Crippen MR) is 90.6 cm³/mol. The topological polar surface area (TPSA) is 29.1 Å². The van der Waals surface area contributed by atoms with Gasteiger partial charge in [0.05, 0.1) is 11.6 Å². The summed E-state index contributed by atoms with van der Waals surface area (Å²) >= 11 is 2.15. The molecule has 1 atom stereocenters. The van der Waals surface area contributed by atoms with Gasteiger partial charge < -0.3 is 5.32 Å². The van der Waals surface area contributed by atoms with Crippen LogP contribution in [-0.2, 0) is 0 Å². The molecule has 2 rings (SSSR count). The first-order chi connectivity index (χ1) is 9.99. The van der Waals surface area contributed by atoms with E-state index >= 15 is 0 Å². The Labute approximate surface area is 137 Å². The summed E-state index contributed by atoms with van der Waals surface area (Å²) in [6, 6.07) is 13.6. The average Bonchev–Trinajstić information content (AvgIpc) is 2.46. The van der Waals surface area contributed by atoms with E-state index < -0.39 is 0 Å². The van der Waals surface area contributed by atoms with Crippen LogP contribution in [0, 0.1) is 15.3 Å². The fourth-order valence-electron chi connectivity index (χ4n) is 2.17. The van der Waals surface area contributed by atoms with Crippen LogP contribution < -0.4 is 5.32 Å². The lowest BCUT2D eigenvalue weighted by Crippen LogP contribution is -2.32. The molecular formula is C17H17FINO. The highest BCUT2D eigenvalue weighted by Gasteiger charge is 2.20. The minimum Gasteiger partial charge on any atom is -0.345 e. The summed E-state index contributed by atoms with van der Waals surface area (Å²) in [4.78, 5) is 12.4. The Balaban J connectivity index is 2.23. The third kappa shape index (κ3) is 4.03. The first-order valence-electron chi connectivity index (χ1n) is 6.80. The molecule has 0 saturated carbocycles. The van der Waals surface area contributed by atoms with Crippen LogP contribution in [0.5, 0.6) is 0 Å². The van der Waals surface area contributed by atoms with Crippen LogP contribution in [-0.4, -0.2) is 5.91 Å². The fraction of sp³-hybridized carbons (Fsp3) is 0.235. The van der Waals surface area contributed by atoms with Crippen molar-refractivity contribution in [3.63, 3.8) is 0 Å². The molecular weight excluding hydrogens is 380 g/mol. The molecule has 0 aromatic heterocycles. The van der Waals surface area contributed by atoms with Crippen molar-refractivity contribution in [3.05, 3.63) is 69.0 Å². The Bertz CT molecular complexity index is 625. The molecule has 21 heavy (non-hydrogen) atoms. The Morgan fingerprint density at radius 3 is 2.29 bits per heavy atom. The van der Waals surface area contributed by atoms with E-state index in [1.807, 2.05) is 32.0 Å². The smallest absolute Gasteiger partial charge is 0.252 e. The molecule has 4 heteroatoms.